The predicted molar refractivity (Wildman–Crippen MR) is 123 cm³/mol. The van der Waals surface area contributed by atoms with Gasteiger partial charge >= 0.3 is 6.09 Å². The monoisotopic (exact) mass is 477 g/mol. The third-order valence-electron chi connectivity index (χ3n) is 6.05. The van der Waals surface area contributed by atoms with Crippen LogP contribution in [0.3, 0.4) is 0 Å². The van der Waals surface area contributed by atoms with E-state index in [1.54, 1.807) is 4.90 Å². The van der Waals surface area contributed by atoms with Crippen LogP contribution in [0, 0.1) is 18.6 Å². The summed E-state index contributed by atoms with van der Waals surface area (Å²) < 4.78 is 48.5. The van der Waals surface area contributed by atoms with Crippen LogP contribution in [0.2, 0.25) is 0 Å². The van der Waals surface area contributed by atoms with Crippen LogP contribution in [0.25, 0.3) is 0 Å². The van der Waals surface area contributed by atoms with E-state index >= 15 is 8.78 Å². The van der Waals surface area contributed by atoms with Gasteiger partial charge in [-0.3, -0.25) is 9.69 Å². The van der Waals surface area contributed by atoms with Crippen LogP contribution >= 0.6 is 7.14 Å². The summed E-state index contributed by atoms with van der Waals surface area (Å²) in [7, 11) is -2.62. The molecule has 2 aliphatic rings. The molecule has 0 unspecified atom stereocenters. The third kappa shape index (κ3) is 4.88. The second kappa shape index (κ2) is 9.14. The van der Waals surface area contributed by atoms with Crippen LogP contribution in [0.1, 0.15) is 12.5 Å². The lowest BCUT2D eigenvalue weighted by Gasteiger charge is -2.34. The van der Waals surface area contributed by atoms with Crippen LogP contribution in [-0.4, -0.2) is 56.6 Å². The molecule has 10 heteroatoms. The number of cyclic esters (lactones) is 1. The number of rotatable bonds is 5. The van der Waals surface area contributed by atoms with Crippen molar-refractivity contribution >= 4 is 35.8 Å². The Balaban J connectivity index is 1.47. The van der Waals surface area contributed by atoms with Gasteiger partial charge in [0.25, 0.3) is 0 Å². The van der Waals surface area contributed by atoms with Crippen LogP contribution in [0.15, 0.2) is 36.4 Å². The SMILES string of the molecule is CC(=O)NC[C@@H]1CN(c2cc(F)c(N3CCP(=O)(c4ccc(C)cc4)CC3)c(F)c2)C(=O)O1. The van der Waals surface area contributed by atoms with E-state index in [9.17, 15) is 14.2 Å². The minimum absolute atomic E-state index is 0.0476. The highest BCUT2D eigenvalue weighted by atomic mass is 31.2. The summed E-state index contributed by atoms with van der Waals surface area (Å²) >= 11 is 0. The minimum Gasteiger partial charge on any atom is -0.442 e. The van der Waals surface area contributed by atoms with Gasteiger partial charge in [-0.15, -0.1) is 0 Å². The Bertz CT molecular complexity index is 1090. The van der Waals surface area contributed by atoms with Crippen molar-refractivity contribution in [3.8, 4) is 0 Å². The molecule has 2 heterocycles. The summed E-state index contributed by atoms with van der Waals surface area (Å²) in [5.74, 6) is -1.86. The molecule has 0 aromatic heterocycles. The number of ether oxygens (including phenoxy) is 1. The molecular formula is C23H26F2N3O4P. The van der Waals surface area contributed by atoms with Crippen LogP contribution in [-0.2, 0) is 14.1 Å². The van der Waals surface area contributed by atoms with Crippen LogP contribution < -0.4 is 20.4 Å². The van der Waals surface area contributed by atoms with E-state index in [-0.39, 0.29) is 43.5 Å². The number of benzene rings is 2. The molecule has 2 aliphatic heterocycles. The number of hydrogen-bond donors (Lipinski definition) is 1. The second-order valence-electron chi connectivity index (χ2n) is 8.47. The lowest BCUT2D eigenvalue weighted by Crippen LogP contribution is -2.38. The van der Waals surface area contributed by atoms with Gasteiger partial charge in [-0.05, 0) is 6.92 Å². The molecule has 7 nitrogen and oxygen atoms in total. The molecule has 33 heavy (non-hydrogen) atoms. The highest BCUT2D eigenvalue weighted by Gasteiger charge is 2.35. The quantitative estimate of drug-likeness (QED) is 0.669. The van der Waals surface area contributed by atoms with Crippen LogP contribution in [0.5, 0.6) is 0 Å². The Morgan fingerprint density at radius 1 is 1.15 bits per heavy atom. The first-order valence-electron chi connectivity index (χ1n) is 10.8. The lowest BCUT2D eigenvalue weighted by molar-refractivity contribution is -0.119. The van der Waals surface area contributed by atoms with E-state index in [4.69, 9.17) is 4.74 Å². The molecule has 1 N–H and O–H groups in total. The highest BCUT2D eigenvalue weighted by molar-refractivity contribution is 7.71. The van der Waals surface area contributed by atoms with Gasteiger partial charge < -0.3 is 19.5 Å². The Hall–Kier alpha value is -2.93. The molecule has 176 valence electrons. The van der Waals surface area contributed by atoms with Gasteiger partial charge in [0.15, 0.2) is 11.6 Å². The number of nitrogens with one attached hydrogen (secondary N) is 1. The fourth-order valence-electron chi connectivity index (χ4n) is 4.19. The van der Waals surface area contributed by atoms with Gasteiger partial charge in [-0.25, -0.2) is 13.6 Å². The van der Waals surface area contributed by atoms with E-state index in [0.717, 1.165) is 27.9 Å². The number of carbonyl (C=O) groups excluding carboxylic acids is 2. The highest BCUT2D eigenvalue weighted by Crippen LogP contribution is 2.47. The van der Waals surface area contributed by atoms with E-state index in [1.807, 2.05) is 31.2 Å². The standard InChI is InChI=1S/C23H26F2N3O4P/c1-15-3-5-19(6-4-15)33(31)9-7-27(8-10-33)22-20(24)11-17(12-21(22)25)28-14-18(32-23(28)30)13-26-16(2)29/h3-6,11-12,18H,7-10,13-14H2,1-2H3,(H,26,29)/t18-/m1/s1. The number of halogens is 2. The Morgan fingerprint density at radius 3 is 2.33 bits per heavy atom. The summed E-state index contributed by atoms with van der Waals surface area (Å²) in [4.78, 5) is 25.9. The van der Waals surface area contributed by atoms with Crippen molar-refractivity contribution < 1.29 is 27.7 Å². The van der Waals surface area contributed by atoms with Crippen molar-refractivity contribution in [3.05, 3.63) is 53.6 Å². The normalized spacial score (nSPS) is 20.0. The molecule has 2 amide bonds. The molecule has 2 aromatic carbocycles. The summed E-state index contributed by atoms with van der Waals surface area (Å²) in [5, 5.41) is 3.35. The molecule has 2 aromatic rings. The maximum Gasteiger partial charge on any atom is 0.414 e. The summed E-state index contributed by atoms with van der Waals surface area (Å²) in [6.07, 6.45) is -0.668. The first-order chi connectivity index (χ1) is 15.7. The van der Waals surface area contributed by atoms with Gasteiger partial charge in [-0.2, -0.15) is 0 Å². The Kier molecular flexibility index (Phi) is 6.43. The average Bonchev–Trinajstić information content (AvgIpc) is 3.14. The zero-order valence-corrected chi connectivity index (χ0v) is 19.4. The first-order valence-corrected chi connectivity index (χ1v) is 12.9. The summed E-state index contributed by atoms with van der Waals surface area (Å²) in [6.45, 7) is 4.03. The molecule has 2 fully saturated rings. The van der Waals surface area contributed by atoms with Crippen molar-refractivity contribution in [1.29, 1.82) is 0 Å². The van der Waals surface area contributed by atoms with Crippen molar-refractivity contribution in [1.82, 2.24) is 5.32 Å². The van der Waals surface area contributed by atoms with Gasteiger partial charge in [0.1, 0.15) is 18.9 Å². The van der Waals surface area contributed by atoms with Crippen molar-refractivity contribution in [3.63, 3.8) is 0 Å². The molecule has 0 spiro atoms. The topological polar surface area (TPSA) is 79.0 Å². The average molecular weight is 477 g/mol. The number of nitrogens with zero attached hydrogens (tertiary/aromatic N) is 2. The number of aryl methyl sites for hydroxylation is 1. The van der Waals surface area contributed by atoms with Crippen molar-refractivity contribution in [2.45, 2.75) is 20.0 Å². The molecule has 0 radical (unpaired) electrons. The van der Waals surface area contributed by atoms with Crippen molar-refractivity contribution in [2.75, 3.05) is 48.3 Å². The summed E-state index contributed by atoms with van der Waals surface area (Å²) in [6, 6.07) is 9.79. The zero-order valence-electron chi connectivity index (χ0n) is 18.5. The Labute approximate surface area is 191 Å². The van der Waals surface area contributed by atoms with E-state index in [2.05, 4.69) is 5.32 Å². The number of carbonyl (C=O) groups is 2. The maximum absolute atomic E-state index is 15.0. The van der Waals surface area contributed by atoms with Gasteiger partial charge in [0.2, 0.25) is 5.91 Å². The minimum atomic E-state index is -2.62. The molecule has 4 rings (SSSR count). The number of anilines is 2. The first kappa shape index (κ1) is 23.2. The van der Waals surface area contributed by atoms with Gasteiger partial charge in [-0.1, -0.05) is 29.8 Å². The molecule has 0 bridgehead atoms. The largest absolute Gasteiger partial charge is 0.442 e. The molecular weight excluding hydrogens is 451 g/mol. The fraction of sp³-hybridized carbons (Fsp3) is 0.391. The van der Waals surface area contributed by atoms with Gasteiger partial charge in [0, 0.05) is 49.8 Å². The molecule has 1 atom stereocenters. The number of amides is 2. The van der Waals surface area contributed by atoms with E-state index in [1.165, 1.54) is 6.92 Å². The lowest BCUT2D eigenvalue weighted by atomic mass is 10.2. The fourth-order valence-corrected chi connectivity index (χ4v) is 6.75. The summed E-state index contributed by atoms with van der Waals surface area (Å²) in [5.41, 5.74) is 0.944. The number of hydrogen-bond acceptors (Lipinski definition) is 5. The molecule has 0 saturated carbocycles. The predicted octanol–water partition coefficient (Wildman–Crippen LogP) is 3.24. The maximum atomic E-state index is 15.0. The third-order valence-corrected chi connectivity index (χ3v) is 9.13. The molecule has 2 saturated heterocycles. The van der Waals surface area contributed by atoms with E-state index < -0.39 is 31.0 Å². The van der Waals surface area contributed by atoms with Crippen molar-refractivity contribution in [2.24, 2.45) is 0 Å². The second-order valence-corrected chi connectivity index (χ2v) is 11.7. The van der Waals surface area contributed by atoms with Gasteiger partial charge in [0.05, 0.1) is 18.8 Å². The van der Waals surface area contributed by atoms with Crippen LogP contribution in [0.4, 0.5) is 25.0 Å². The van der Waals surface area contributed by atoms with E-state index in [0.29, 0.717) is 12.3 Å². The molecule has 0 aliphatic carbocycles. The zero-order chi connectivity index (χ0) is 23.8. The Morgan fingerprint density at radius 2 is 1.76 bits per heavy atom. The smallest absolute Gasteiger partial charge is 0.414 e.